The molecule has 0 atom stereocenters. The second-order valence-electron chi connectivity index (χ2n) is 13.3. The minimum atomic E-state index is 0.915. The maximum absolute atomic E-state index is 6.10. The van der Waals surface area contributed by atoms with Gasteiger partial charge in [0.15, 0.2) is 0 Å². The van der Waals surface area contributed by atoms with Crippen LogP contribution in [0.1, 0.15) is 0 Å². The average molecular weight is 651 g/mol. The molecule has 51 heavy (non-hydrogen) atoms. The smallest absolute Gasteiger partial charge is 0.135 e. The lowest BCUT2D eigenvalue weighted by molar-refractivity contribution is 0.669. The summed E-state index contributed by atoms with van der Waals surface area (Å²) in [5.74, 6) is 0. The number of benzene rings is 8. The Hall–Kier alpha value is -6.84. The summed E-state index contributed by atoms with van der Waals surface area (Å²) >= 11 is 0. The molecule has 11 rings (SSSR count). The molecular formula is C48H30N2O. The molecule has 0 aliphatic heterocycles. The van der Waals surface area contributed by atoms with Gasteiger partial charge in [-0.3, -0.25) is 0 Å². The van der Waals surface area contributed by atoms with Gasteiger partial charge in [-0.05, 0) is 89.0 Å². The van der Waals surface area contributed by atoms with E-state index in [1.54, 1.807) is 0 Å². The van der Waals surface area contributed by atoms with Crippen molar-refractivity contribution >= 4 is 65.6 Å². The molecule has 3 heteroatoms. The van der Waals surface area contributed by atoms with Crippen molar-refractivity contribution in [1.29, 1.82) is 0 Å². The van der Waals surface area contributed by atoms with Gasteiger partial charge in [0.05, 0.1) is 22.1 Å². The molecule has 0 amide bonds. The zero-order valence-corrected chi connectivity index (χ0v) is 27.6. The first-order chi connectivity index (χ1) is 25.3. The highest BCUT2D eigenvalue weighted by molar-refractivity contribution is 6.17. The summed E-state index contributed by atoms with van der Waals surface area (Å²) in [4.78, 5) is 0. The van der Waals surface area contributed by atoms with Crippen LogP contribution >= 0.6 is 0 Å². The van der Waals surface area contributed by atoms with Crippen LogP contribution in [0, 0.1) is 0 Å². The largest absolute Gasteiger partial charge is 0.456 e. The van der Waals surface area contributed by atoms with Gasteiger partial charge in [0.25, 0.3) is 0 Å². The average Bonchev–Trinajstić information content (AvgIpc) is 3.85. The lowest BCUT2D eigenvalue weighted by Gasteiger charge is -2.11. The molecule has 0 unspecified atom stereocenters. The number of para-hydroxylation sites is 4. The molecule has 0 saturated heterocycles. The molecule has 0 radical (unpaired) electrons. The van der Waals surface area contributed by atoms with Crippen molar-refractivity contribution in [1.82, 2.24) is 9.13 Å². The summed E-state index contributed by atoms with van der Waals surface area (Å²) in [5.41, 5.74) is 13.7. The monoisotopic (exact) mass is 650 g/mol. The van der Waals surface area contributed by atoms with Crippen LogP contribution < -0.4 is 0 Å². The first-order valence-electron chi connectivity index (χ1n) is 17.4. The fraction of sp³-hybridized carbons (Fsp3) is 0. The van der Waals surface area contributed by atoms with Crippen molar-refractivity contribution < 1.29 is 4.42 Å². The number of aromatic nitrogens is 2. The van der Waals surface area contributed by atoms with E-state index in [-0.39, 0.29) is 0 Å². The zero-order valence-electron chi connectivity index (χ0n) is 27.6. The number of nitrogens with zero attached hydrogens (tertiary/aromatic N) is 2. The Bertz CT molecular complexity index is 3120. The summed E-state index contributed by atoms with van der Waals surface area (Å²) in [5, 5.41) is 7.31. The number of hydrogen-bond acceptors (Lipinski definition) is 1. The predicted molar refractivity (Wildman–Crippen MR) is 213 cm³/mol. The van der Waals surface area contributed by atoms with E-state index in [9.17, 15) is 0 Å². The second-order valence-corrected chi connectivity index (χ2v) is 13.3. The van der Waals surface area contributed by atoms with Crippen LogP contribution in [0.2, 0.25) is 0 Å². The van der Waals surface area contributed by atoms with Gasteiger partial charge in [-0.2, -0.15) is 0 Å². The molecular weight excluding hydrogens is 621 g/mol. The van der Waals surface area contributed by atoms with E-state index >= 15 is 0 Å². The highest BCUT2D eigenvalue weighted by atomic mass is 16.3. The van der Waals surface area contributed by atoms with E-state index in [1.807, 2.05) is 12.1 Å². The van der Waals surface area contributed by atoms with Crippen molar-refractivity contribution in [3.8, 4) is 33.6 Å². The Labute approximate surface area is 293 Å². The second kappa shape index (κ2) is 10.8. The topological polar surface area (TPSA) is 23.0 Å². The van der Waals surface area contributed by atoms with Crippen molar-refractivity contribution in [2.75, 3.05) is 0 Å². The molecule has 0 aliphatic rings. The van der Waals surface area contributed by atoms with Gasteiger partial charge in [-0.15, -0.1) is 0 Å². The van der Waals surface area contributed by atoms with Crippen molar-refractivity contribution in [2.24, 2.45) is 0 Å². The molecule has 8 aromatic carbocycles. The molecule has 3 heterocycles. The van der Waals surface area contributed by atoms with Crippen molar-refractivity contribution in [3.63, 3.8) is 0 Å². The van der Waals surface area contributed by atoms with Crippen LogP contribution in [0.3, 0.4) is 0 Å². The van der Waals surface area contributed by atoms with Gasteiger partial charge >= 0.3 is 0 Å². The lowest BCUT2D eigenvalue weighted by atomic mass is 9.98. The number of hydrogen-bond donors (Lipinski definition) is 0. The first-order valence-corrected chi connectivity index (χ1v) is 17.4. The lowest BCUT2D eigenvalue weighted by Crippen LogP contribution is -1.94. The Kier molecular flexibility index (Phi) is 5.96. The third kappa shape index (κ3) is 4.19. The van der Waals surface area contributed by atoms with E-state index in [0.29, 0.717) is 0 Å². The Morgan fingerprint density at radius 2 is 0.902 bits per heavy atom. The van der Waals surface area contributed by atoms with Crippen molar-refractivity contribution in [3.05, 3.63) is 182 Å². The van der Waals surface area contributed by atoms with Gasteiger partial charge < -0.3 is 13.6 Å². The summed E-state index contributed by atoms with van der Waals surface area (Å²) in [6.45, 7) is 0. The van der Waals surface area contributed by atoms with Gasteiger partial charge in [0.1, 0.15) is 11.2 Å². The maximum Gasteiger partial charge on any atom is 0.135 e. The van der Waals surface area contributed by atoms with Crippen LogP contribution in [0.25, 0.3) is 99.2 Å². The van der Waals surface area contributed by atoms with Gasteiger partial charge in [-0.25, -0.2) is 0 Å². The third-order valence-electron chi connectivity index (χ3n) is 10.5. The van der Waals surface area contributed by atoms with Crippen LogP contribution in [-0.2, 0) is 0 Å². The quantitative estimate of drug-likeness (QED) is 0.186. The van der Waals surface area contributed by atoms with E-state index < -0.39 is 0 Å². The van der Waals surface area contributed by atoms with E-state index in [2.05, 4.69) is 179 Å². The van der Waals surface area contributed by atoms with E-state index in [0.717, 1.165) is 33.3 Å². The van der Waals surface area contributed by atoms with Crippen LogP contribution in [0.4, 0.5) is 0 Å². The number of fused-ring (bicyclic) bond motifs is 9. The molecule has 3 aromatic heterocycles. The highest BCUT2D eigenvalue weighted by Gasteiger charge is 2.18. The first kappa shape index (κ1) is 28.0. The van der Waals surface area contributed by atoms with Crippen molar-refractivity contribution in [2.45, 2.75) is 0 Å². The molecule has 0 fully saturated rings. The fourth-order valence-corrected chi connectivity index (χ4v) is 8.24. The zero-order chi connectivity index (χ0) is 33.5. The minimum absolute atomic E-state index is 0.915. The van der Waals surface area contributed by atoms with E-state index in [4.69, 9.17) is 4.42 Å². The van der Waals surface area contributed by atoms with Gasteiger partial charge in [-0.1, -0.05) is 115 Å². The summed E-state index contributed by atoms with van der Waals surface area (Å²) in [6, 6.07) is 65.6. The Morgan fingerprint density at radius 3 is 1.75 bits per heavy atom. The number of rotatable bonds is 4. The molecule has 0 N–H and O–H groups in total. The fourth-order valence-electron chi connectivity index (χ4n) is 8.24. The standard InChI is InChI=1S/C48H30N2O/c1-2-11-34(12-3-1)49-43-18-8-5-15-40(43)48-36(16-10-19-44(48)49)33-23-27-38-37-13-4-7-17-42(37)50(45(38)30-33)35-25-21-31(22-26-35)32-24-28-47-41(29-32)39-14-6-9-20-46(39)51-47/h1-30H. The maximum atomic E-state index is 6.10. The van der Waals surface area contributed by atoms with E-state index in [1.165, 1.54) is 65.9 Å². The summed E-state index contributed by atoms with van der Waals surface area (Å²) in [7, 11) is 0. The molecule has 238 valence electrons. The molecule has 11 aromatic rings. The minimum Gasteiger partial charge on any atom is -0.456 e. The van der Waals surface area contributed by atoms with Gasteiger partial charge in [0, 0.05) is 43.7 Å². The molecule has 0 saturated carbocycles. The summed E-state index contributed by atoms with van der Waals surface area (Å²) in [6.07, 6.45) is 0. The SMILES string of the molecule is c1ccc(-n2c3ccccc3c3c(-c4ccc5c6ccccc6n(-c6ccc(-c7ccc8oc9ccccc9c8c7)cc6)c5c4)cccc32)cc1. The van der Waals surface area contributed by atoms with Crippen LogP contribution in [0.15, 0.2) is 186 Å². The molecule has 0 spiro atoms. The van der Waals surface area contributed by atoms with Crippen LogP contribution in [-0.4, -0.2) is 9.13 Å². The predicted octanol–water partition coefficient (Wildman–Crippen LogP) is 13.1. The summed E-state index contributed by atoms with van der Waals surface area (Å²) < 4.78 is 10.9. The third-order valence-corrected chi connectivity index (χ3v) is 10.5. The Morgan fingerprint density at radius 1 is 0.314 bits per heavy atom. The molecule has 3 nitrogen and oxygen atoms in total. The van der Waals surface area contributed by atoms with Crippen LogP contribution in [0.5, 0.6) is 0 Å². The normalized spacial score (nSPS) is 11.9. The molecule has 0 aliphatic carbocycles. The van der Waals surface area contributed by atoms with Gasteiger partial charge in [0.2, 0.25) is 0 Å². The Balaban J connectivity index is 1.09. The number of furan rings is 1. The highest BCUT2D eigenvalue weighted by Crippen LogP contribution is 2.41. The molecule has 0 bridgehead atoms.